The Morgan fingerprint density at radius 1 is 0.676 bits per heavy atom. The predicted octanol–water partition coefficient (Wildman–Crippen LogP) is -2.50. The summed E-state index contributed by atoms with van der Waals surface area (Å²) in [7, 11) is 3.04. The summed E-state index contributed by atoms with van der Waals surface area (Å²) >= 11 is 0. The molecule has 12 heteroatoms. The molecule has 34 heavy (non-hydrogen) atoms. The van der Waals surface area contributed by atoms with Gasteiger partial charge >= 0.3 is 34.1 Å². The number of hydrogen-bond donors (Lipinski definition) is 2. The van der Waals surface area contributed by atoms with Crippen LogP contribution in [0.1, 0.15) is 33.6 Å². The number of carboxylic acids is 2. The van der Waals surface area contributed by atoms with Crippen molar-refractivity contribution < 1.29 is 73.6 Å². The van der Waals surface area contributed by atoms with E-state index in [1.165, 1.54) is 38.5 Å². The molecular weight excluding hydrogens is 547 g/mol. The zero-order chi connectivity index (χ0) is 24.8. The third-order valence-corrected chi connectivity index (χ3v) is 3.35. The summed E-state index contributed by atoms with van der Waals surface area (Å²) in [5.41, 5.74) is 10.2. The van der Waals surface area contributed by atoms with Crippen molar-refractivity contribution >= 4 is 11.9 Å². The molecule has 0 amide bonds. The van der Waals surface area contributed by atoms with Crippen LogP contribution in [0.5, 0.6) is 11.5 Å². The molecular formula is C22H30Cu2N2O8. The van der Waals surface area contributed by atoms with Crippen LogP contribution in [-0.2, 0) is 34.1 Å². The molecule has 198 valence electrons. The topological polar surface area (TPSA) is 197 Å². The van der Waals surface area contributed by atoms with Crippen LogP contribution in [0.3, 0.4) is 0 Å². The van der Waals surface area contributed by atoms with Crippen molar-refractivity contribution in [3.05, 3.63) is 59.7 Å². The van der Waals surface area contributed by atoms with Crippen molar-refractivity contribution in [2.75, 3.05) is 40.5 Å². The van der Waals surface area contributed by atoms with Crippen LogP contribution in [0, 0.1) is 0 Å². The van der Waals surface area contributed by atoms with E-state index in [-0.39, 0.29) is 58.5 Å². The number of ether oxygens (including phenoxy) is 2. The van der Waals surface area contributed by atoms with Gasteiger partial charge < -0.3 is 51.0 Å². The fraction of sp³-hybridized carbons (Fsp3) is 0.364. The third kappa shape index (κ3) is 21.7. The SMILES string of the molecule is COc1ccc(C(=O)[O-])cc1.COc1ccc(C(=O)[O-])cc1.NCCC[O-].NCCC[O-].[Cu+2].[Cu+2]. The third-order valence-electron chi connectivity index (χ3n) is 3.35. The van der Waals surface area contributed by atoms with Crippen LogP contribution in [0.2, 0.25) is 0 Å². The molecule has 0 saturated heterocycles. The standard InChI is InChI=1S/2C8H8O3.2C3H8NO.2Cu/c2*1-11-7-4-2-6(3-5-7)8(9)10;2*4-2-1-3-5;;/h2*2-5H,1H3,(H,9,10);2*1-4H2;;/q;;2*-1;2*+2/p-2. The van der Waals surface area contributed by atoms with E-state index < -0.39 is 11.9 Å². The fourth-order valence-corrected chi connectivity index (χ4v) is 1.62. The average Bonchev–Trinajstić information content (AvgIpc) is 2.81. The number of carbonyl (C=O) groups excluding carboxylic acids is 2. The molecule has 10 nitrogen and oxygen atoms in total. The number of carboxylic acid groups (broad SMARTS) is 2. The van der Waals surface area contributed by atoms with E-state index in [0.717, 1.165) is 0 Å². The molecule has 0 aliphatic heterocycles. The van der Waals surface area contributed by atoms with Crippen LogP contribution in [0.15, 0.2) is 48.5 Å². The van der Waals surface area contributed by atoms with Crippen molar-refractivity contribution in [3.63, 3.8) is 0 Å². The van der Waals surface area contributed by atoms with Crippen molar-refractivity contribution in [1.82, 2.24) is 0 Å². The first-order chi connectivity index (χ1) is 15.3. The summed E-state index contributed by atoms with van der Waals surface area (Å²) in [5.74, 6) is -1.08. The second kappa shape index (κ2) is 27.1. The Hall–Kier alpha value is -2.14. The van der Waals surface area contributed by atoms with Crippen molar-refractivity contribution in [2.45, 2.75) is 12.8 Å². The minimum absolute atomic E-state index is 0. The smallest absolute Gasteiger partial charge is 0.854 e. The summed E-state index contributed by atoms with van der Waals surface area (Å²) in [6.07, 6.45) is 1.22. The number of methoxy groups -OCH3 is 2. The minimum atomic E-state index is -1.17. The van der Waals surface area contributed by atoms with Gasteiger partial charge in [-0.25, -0.2) is 0 Å². The van der Waals surface area contributed by atoms with E-state index in [4.69, 9.17) is 20.9 Å². The molecule has 0 saturated carbocycles. The number of rotatable bonds is 8. The van der Waals surface area contributed by atoms with Gasteiger partial charge in [0.1, 0.15) is 11.5 Å². The van der Waals surface area contributed by atoms with Crippen molar-refractivity contribution in [1.29, 1.82) is 0 Å². The van der Waals surface area contributed by atoms with Gasteiger partial charge in [-0.15, -0.1) is 13.2 Å². The Morgan fingerprint density at radius 3 is 1.06 bits per heavy atom. The Labute approximate surface area is 221 Å². The van der Waals surface area contributed by atoms with Crippen molar-refractivity contribution in [2.24, 2.45) is 11.5 Å². The first-order valence-corrected chi connectivity index (χ1v) is 9.58. The van der Waals surface area contributed by atoms with Crippen LogP contribution >= 0.6 is 0 Å². The van der Waals surface area contributed by atoms with Gasteiger partial charge in [0.2, 0.25) is 0 Å². The Kier molecular flexibility index (Phi) is 31.2. The number of nitrogens with two attached hydrogens (primary N) is 2. The van der Waals surface area contributed by atoms with Gasteiger partial charge in [-0.05, 0) is 72.7 Å². The van der Waals surface area contributed by atoms with Gasteiger partial charge in [-0.2, -0.15) is 0 Å². The normalized spacial score (nSPS) is 8.41. The van der Waals surface area contributed by atoms with Crippen LogP contribution < -0.4 is 41.4 Å². The van der Waals surface area contributed by atoms with E-state index in [1.54, 1.807) is 24.3 Å². The zero-order valence-electron chi connectivity index (χ0n) is 18.9. The largest absolute Gasteiger partial charge is 2.00 e. The van der Waals surface area contributed by atoms with E-state index in [9.17, 15) is 30.0 Å². The maximum Gasteiger partial charge on any atom is 2.00 e. The second-order valence-corrected chi connectivity index (χ2v) is 5.72. The van der Waals surface area contributed by atoms with E-state index in [2.05, 4.69) is 0 Å². The van der Waals surface area contributed by atoms with E-state index in [0.29, 0.717) is 37.4 Å². The quantitative estimate of drug-likeness (QED) is 0.317. The molecule has 0 bridgehead atoms. The monoisotopic (exact) mass is 576 g/mol. The Morgan fingerprint density at radius 2 is 0.941 bits per heavy atom. The summed E-state index contributed by atoms with van der Waals surface area (Å²) in [6, 6.07) is 12.1. The average molecular weight is 578 g/mol. The molecule has 0 aliphatic carbocycles. The van der Waals surface area contributed by atoms with Gasteiger partial charge in [-0.3, -0.25) is 0 Å². The summed E-state index contributed by atoms with van der Waals surface area (Å²) < 4.78 is 9.67. The van der Waals surface area contributed by atoms with Gasteiger partial charge in [0.05, 0.1) is 26.2 Å². The molecule has 0 aliphatic rings. The molecule has 0 unspecified atom stereocenters. The molecule has 0 aromatic heterocycles. The first kappa shape index (κ1) is 39.1. The first-order valence-electron chi connectivity index (χ1n) is 9.58. The number of carbonyl (C=O) groups is 2. The summed E-state index contributed by atoms with van der Waals surface area (Å²) in [4.78, 5) is 20.5. The Balaban J connectivity index is -0.000000185. The molecule has 0 fully saturated rings. The Bertz CT molecular complexity index is 665. The predicted molar refractivity (Wildman–Crippen MR) is 112 cm³/mol. The fourth-order valence-electron chi connectivity index (χ4n) is 1.62. The zero-order valence-corrected chi connectivity index (χ0v) is 20.8. The summed E-state index contributed by atoms with van der Waals surface area (Å²) in [6.45, 7) is 1.00. The van der Waals surface area contributed by atoms with Crippen LogP contribution in [-0.4, -0.2) is 52.5 Å². The maximum atomic E-state index is 10.2. The molecule has 0 heterocycles. The molecule has 0 atom stereocenters. The minimum Gasteiger partial charge on any atom is -0.854 e. The molecule has 2 aromatic carbocycles. The molecule has 2 rings (SSSR count). The maximum absolute atomic E-state index is 10.2. The van der Waals surface area contributed by atoms with E-state index >= 15 is 0 Å². The van der Waals surface area contributed by atoms with Gasteiger partial charge in [0.25, 0.3) is 0 Å². The van der Waals surface area contributed by atoms with Crippen LogP contribution in [0.4, 0.5) is 0 Å². The van der Waals surface area contributed by atoms with Gasteiger partial charge in [-0.1, -0.05) is 12.8 Å². The number of benzene rings is 2. The van der Waals surface area contributed by atoms with E-state index in [1.807, 2.05) is 0 Å². The molecule has 4 N–H and O–H groups in total. The van der Waals surface area contributed by atoms with Crippen LogP contribution in [0.25, 0.3) is 0 Å². The number of hydrogen-bond acceptors (Lipinski definition) is 10. The number of aromatic carboxylic acids is 2. The van der Waals surface area contributed by atoms with Gasteiger partial charge in [0.15, 0.2) is 0 Å². The molecule has 0 spiro atoms. The van der Waals surface area contributed by atoms with Crippen molar-refractivity contribution in [3.8, 4) is 11.5 Å². The second-order valence-electron chi connectivity index (χ2n) is 5.72. The molecule has 2 aromatic rings. The molecule has 2 radical (unpaired) electrons. The summed E-state index contributed by atoms with van der Waals surface area (Å²) in [5, 5.41) is 39.4. The van der Waals surface area contributed by atoms with Gasteiger partial charge in [0, 0.05) is 0 Å².